The van der Waals surface area contributed by atoms with E-state index >= 15 is 0 Å². The number of ether oxygens (including phenoxy) is 1. The molecule has 0 bridgehead atoms. The van der Waals surface area contributed by atoms with Crippen molar-refractivity contribution in [3.63, 3.8) is 0 Å². The monoisotopic (exact) mass is 675 g/mol. The van der Waals surface area contributed by atoms with E-state index in [9.17, 15) is 24.3 Å². The van der Waals surface area contributed by atoms with Crippen LogP contribution in [0.1, 0.15) is 71.8 Å². The lowest BCUT2D eigenvalue weighted by atomic mass is 10.0. The van der Waals surface area contributed by atoms with Gasteiger partial charge in [-0.05, 0) is 69.4 Å². The number of nitrogens with zero attached hydrogens (tertiary/aromatic N) is 5. The van der Waals surface area contributed by atoms with E-state index in [4.69, 9.17) is 4.74 Å². The smallest absolute Gasteiger partial charge is 0.408 e. The summed E-state index contributed by atoms with van der Waals surface area (Å²) in [6.45, 7) is 5.30. The Morgan fingerprint density at radius 3 is 2.60 bits per heavy atom. The zero-order valence-electron chi connectivity index (χ0n) is 27.3. The highest BCUT2D eigenvalue weighted by atomic mass is 32.1. The molecule has 2 fully saturated rings. The Balaban J connectivity index is 1.27. The van der Waals surface area contributed by atoms with Gasteiger partial charge in [0, 0.05) is 23.8 Å². The van der Waals surface area contributed by atoms with E-state index in [-0.39, 0.29) is 25.3 Å². The van der Waals surface area contributed by atoms with Gasteiger partial charge in [-0.3, -0.25) is 9.59 Å². The molecule has 5 atom stereocenters. The molecule has 2 aliphatic heterocycles. The molecule has 1 saturated carbocycles. The van der Waals surface area contributed by atoms with Crippen LogP contribution in [0.2, 0.25) is 0 Å². The zero-order valence-corrected chi connectivity index (χ0v) is 28.1. The first-order chi connectivity index (χ1) is 22.9. The number of alkyl carbamates (subject to hydrolysis) is 1. The van der Waals surface area contributed by atoms with Crippen molar-refractivity contribution in [3.8, 4) is 21.1 Å². The normalized spacial score (nSPS) is 27.1. The molecule has 1 aliphatic carbocycles. The maximum Gasteiger partial charge on any atom is 0.408 e. The minimum absolute atomic E-state index is 0.0718. The van der Waals surface area contributed by atoms with Crippen LogP contribution in [0.4, 0.5) is 4.79 Å². The van der Waals surface area contributed by atoms with Crippen LogP contribution in [-0.2, 0) is 19.1 Å². The third kappa shape index (κ3) is 7.28. The molecule has 6 rings (SSSR count). The van der Waals surface area contributed by atoms with E-state index in [0.717, 1.165) is 34.6 Å². The van der Waals surface area contributed by atoms with Gasteiger partial charge in [-0.15, -0.1) is 21.5 Å². The molecule has 3 N–H and O–H groups in total. The molecular formula is C34H41N7O6S. The van der Waals surface area contributed by atoms with Crippen molar-refractivity contribution in [1.29, 1.82) is 0 Å². The lowest BCUT2D eigenvalue weighted by Gasteiger charge is -2.30. The maximum absolute atomic E-state index is 14.2. The number of carboxylic acid groups (broad SMARTS) is 1. The van der Waals surface area contributed by atoms with Crippen LogP contribution in [0.3, 0.4) is 0 Å². The number of nitrogens with one attached hydrogen (secondary N) is 2. The van der Waals surface area contributed by atoms with Crippen molar-refractivity contribution in [2.45, 2.75) is 95.0 Å². The highest BCUT2D eigenvalue weighted by molar-refractivity contribution is 7.18. The number of rotatable bonds is 5. The first kappa shape index (κ1) is 33.3. The summed E-state index contributed by atoms with van der Waals surface area (Å²) >= 11 is 1.53. The highest BCUT2D eigenvalue weighted by Crippen LogP contribution is 2.45. The van der Waals surface area contributed by atoms with Crippen molar-refractivity contribution >= 4 is 35.2 Å². The van der Waals surface area contributed by atoms with Crippen molar-refractivity contribution in [2.75, 3.05) is 6.54 Å². The van der Waals surface area contributed by atoms with Crippen molar-refractivity contribution in [3.05, 3.63) is 54.6 Å². The molecule has 0 spiro atoms. The summed E-state index contributed by atoms with van der Waals surface area (Å²) in [5, 5.41) is 28.9. The van der Waals surface area contributed by atoms with E-state index in [1.165, 1.54) is 21.0 Å². The van der Waals surface area contributed by atoms with Gasteiger partial charge in [0.05, 0.1) is 10.9 Å². The number of hydrogen-bond acceptors (Lipinski definition) is 9. The van der Waals surface area contributed by atoms with Gasteiger partial charge in [0.1, 0.15) is 23.2 Å². The van der Waals surface area contributed by atoms with Crippen LogP contribution in [0.5, 0.6) is 0 Å². The second-order valence-electron chi connectivity index (χ2n) is 13.7. The molecule has 0 unspecified atom stereocenters. The third-order valence-electron chi connectivity index (χ3n) is 8.97. The Hall–Kier alpha value is -4.59. The Kier molecular flexibility index (Phi) is 9.37. The number of aromatic nitrogens is 4. The molecule has 3 aliphatic rings. The van der Waals surface area contributed by atoms with E-state index in [1.807, 2.05) is 54.6 Å². The highest BCUT2D eigenvalue weighted by Gasteiger charge is 2.61. The van der Waals surface area contributed by atoms with Gasteiger partial charge in [-0.1, -0.05) is 55.3 Å². The van der Waals surface area contributed by atoms with Gasteiger partial charge in [0.15, 0.2) is 0 Å². The molecule has 2 aromatic heterocycles. The number of aliphatic carboxylic acids is 1. The minimum Gasteiger partial charge on any atom is -0.479 e. The molecule has 48 heavy (non-hydrogen) atoms. The van der Waals surface area contributed by atoms with Crippen LogP contribution in [0, 0.1) is 5.92 Å². The predicted octanol–water partition coefficient (Wildman–Crippen LogP) is 4.58. The Morgan fingerprint density at radius 1 is 1.08 bits per heavy atom. The van der Waals surface area contributed by atoms with Gasteiger partial charge in [0.2, 0.25) is 17.6 Å². The number of carbonyl (C=O) groups excluding carboxylic acids is 3. The number of fused-ring (bicyclic) bond motifs is 2. The topological polar surface area (TPSA) is 169 Å². The van der Waals surface area contributed by atoms with Crippen molar-refractivity contribution in [1.82, 2.24) is 35.7 Å². The van der Waals surface area contributed by atoms with E-state index in [1.54, 1.807) is 20.8 Å². The number of benzene rings is 1. The van der Waals surface area contributed by atoms with Crippen LogP contribution >= 0.6 is 11.3 Å². The predicted molar refractivity (Wildman–Crippen MR) is 178 cm³/mol. The quantitative estimate of drug-likeness (QED) is 0.328. The number of carboxylic acids is 1. The van der Waals surface area contributed by atoms with Crippen LogP contribution in [-0.4, -0.2) is 83.9 Å². The molecule has 254 valence electrons. The maximum atomic E-state index is 14.2. The Morgan fingerprint density at radius 2 is 1.85 bits per heavy atom. The lowest BCUT2D eigenvalue weighted by Crippen LogP contribution is -2.56. The van der Waals surface area contributed by atoms with Gasteiger partial charge >= 0.3 is 12.1 Å². The van der Waals surface area contributed by atoms with Gasteiger partial charge < -0.3 is 25.4 Å². The molecule has 13 nitrogen and oxygen atoms in total. The average molecular weight is 676 g/mol. The molecule has 1 aromatic carbocycles. The molecular weight excluding hydrogens is 634 g/mol. The molecule has 1 saturated heterocycles. The fraction of sp³-hybridized carbons (Fsp3) is 0.500. The zero-order chi connectivity index (χ0) is 34.1. The summed E-state index contributed by atoms with van der Waals surface area (Å²) in [6.07, 6.45) is 6.94. The fourth-order valence-corrected chi connectivity index (χ4v) is 7.33. The molecule has 14 heteroatoms. The SMILES string of the molecule is CC(C)(C)OC(=O)N[C@H]1CCCCC/C=C\[C@@H]2C[C@@]2(C(=O)O)NC(=O)[C@@H]2C[C@@H](n3nnc(-c4ccc(-c5ccccc5)s4)n3)CN2C1=O. The Bertz CT molecular complexity index is 1700. The minimum atomic E-state index is -1.43. The van der Waals surface area contributed by atoms with Crippen molar-refractivity contribution in [2.24, 2.45) is 5.92 Å². The lowest BCUT2D eigenvalue weighted by molar-refractivity contribution is -0.145. The summed E-state index contributed by atoms with van der Waals surface area (Å²) in [4.78, 5) is 58.1. The van der Waals surface area contributed by atoms with E-state index < -0.39 is 53.1 Å². The fourth-order valence-electron chi connectivity index (χ4n) is 6.39. The number of tetrazole rings is 1. The second kappa shape index (κ2) is 13.5. The molecule has 3 amide bonds. The first-order valence-corrected chi connectivity index (χ1v) is 17.2. The molecule has 3 aromatic rings. The van der Waals surface area contributed by atoms with Gasteiger partial charge in [-0.2, -0.15) is 4.80 Å². The largest absolute Gasteiger partial charge is 0.479 e. The third-order valence-corrected chi connectivity index (χ3v) is 10.1. The number of allylic oxidation sites excluding steroid dienone is 1. The van der Waals surface area contributed by atoms with Crippen LogP contribution in [0.25, 0.3) is 21.1 Å². The number of hydrogen-bond donors (Lipinski definition) is 3. The molecule has 0 radical (unpaired) electrons. The van der Waals surface area contributed by atoms with Crippen LogP contribution in [0.15, 0.2) is 54.6 Å². The standard InChI is InChI=1S/C34H41N7O6S/c1-33(2,3)47-32(46)35-24-15-11-6-4-5-10-14-22-19-34(22,31(44)45)36-29(42)25-18-23(20-40(25)30(24)43)41-38-28(37-39-41)27-17-16-26(48-27)21-12-8-7-9-13-21/h7-10,12-14,16-17,22-25H,4-6,11,15,18-20H2,1-3H3,(H,35,46)(H,36,42)(H,44,45)/b14-10-/t22-,23-,24+,25+,34-/m1/s1. The van der Waals surface area contributed by atoms with E-state index in [2.05, 4.69) is 26.0 Å². The van der Waals surface area contributed by atoms with Gasteiger partial charge in [0.25, 0.3) is 0 Å². The first-order valence-electron chi connectivity index (χ1n) is 16.4. The van der Waals surface area contributed by atoms with Gasteiger partial charge in [-0.25, -0.2) is 9.59 Å². The van der Waals surface area contributed by atoms with Crippen LogP contribution < -0.4 is 10.6 Å². The summed E-state index contributed by atoms with van der Waals surface area (Å²) in [5.74, 6) is -2.04. The number of carbonyl (C=O) groups is 4. The Labute approximate surface area is 282 Å². The number of amides is 3. The summed E-state index contributed by atoms with van der Waals surface area (Å²) < 4.78 is 5.47. The molecule has 4 heterocycles. The van der Waals surface area contributed by atoms with Crippen molar-refractivity contribution < 1.29 is 29.0 Å². The number of thiophene rings is 1. The summed E-state index contributed by atoms with van der Waals surface area (Å²) in [7, 11) is 0. The summed E-state index contributed by atoms with van der Waals surface area (Å²) in [6, 6.07) is 11.4. The second-order valence-corrected chi connectivity index (χ2v) is 14.8. The average Bonchev–Trinajstić information content (AvgIpc) is 3.49. The summed E-state index contributed by atoms with van der Waals surface area (Å²) in [5.41, 5.74) is -1.12. The van der Waals surface area contributed by atoms with E-state index in [0.29, 0.717) is 18.7 Å².